The highest BCUT2D eigenvalue weighted by Crippen LogP contribution is 2.32. The normalized spacial score (nSPS) is 14.9. The monoisotopic (exact) mass is 828 g/mol. The van der Waals surface area contributed by atoms with E-state index in [1.165, 1.54) is 54.6 Å². The number of benzene rings is 4. The van der Waals surface area contributed by atoms with Crippen molar-refractivity contribution in [2.24, 2.45) is 0 Å². The Kier molecular flexibility index (Phi) is 9.50. The Morgan fingerprint density at radius 2 is 0.719 bits per heavy atom. The first-order valence-corrected chi connectivity index (χ1v) is 20.5. The third-order valence-electron chi connectivity index (χ3n) is 8.92. The van der Waals surface area contributed by atoms with Crippen LogP contribution in [0.4, 0.5) is 0 Å². The van der Waals surface area contributed by atoms with E-state index in [1.54, 1.807) is 0 Å². The Morgan fingerprint density at radius 1 is 0.456 bits per heavy atom. The molecule has 0 aliphatic heterocycles. The molecular formula is C36H24N6O12S3. The predicted molar refractivity (Wildman–Crippen MR) is 198 cm³/mol. The fourth-order valence-electron chi connectivity index (χ4n) is 6.36. The fourth-order valence-corrected chi connectivity index (χ4v) is 9.80. The minimum absolute atomic E-state index is 0.00987. The van der Waals surface area contributed by atoms with Crippen molar-refractivity contribution < 1.29 is 67.5 Å². The first-order valence-electron chi connectivity index (χ1n) is 16.3. The van der Waals surface area contributed by atoms with Crippen molar-refractivity contribution in [3.63, 3.8) is 0 Å². The second kappa shape index (κ2) is 14.2. The van der Waals surface area contributed by atoms with E-state index in [0.29, 0.717) is 0 Å². The maximum Gasteiger partial charge on any atom is 0.339 e. The molecule has 0 amide bonds. The van der Waals surface area contributed by atoms with E-state index in [2.05, 4.69) is 14.4 Å². The van der Waals surface area contributed by atoms with Crippen LogP contribution in [0.1, 0.15) is 19.3 Å². The van der Waals surface area contributed by atoms with E-state index in [9.17, 15) is 57.2 Å². The molecule has 3 N–H and O–H groups in total. The van der Waals surface area contributed by atoms with Gasteiger partial charge in [-0.1, -0.05) is 54.6 Å². The van der Waals surface area contributed by atoms with Gasteiger partial charge < -0.3 is 44.5 Å². The quantitative estimate of drug-likeness (QED) is 0.110. The summed E-state index contributed by atoms with van der Waals surface area (Å²) in [5, 5.41) is 31.6. The molecule has 57 heavy (non-hydrogen) atoms. The van der Waals surface area contributed by atoms with Gasteiger partial charge >= 0.3 is 47.5 Å². The molecule has 0 fully saturated rings. The SMILES string of the molecule is [N-]=[N+]=C1CC=c2c(S(=O)(=O)Oc3cc(OS(=O)(=O)c4cccc5c4=CCC(=[N+]=[N-])C=5O)cc(OS(=O)(=O)c4cccc5c4=CCC(=[N+]=[N-])C=5O)c3)cccc2=C1O. The molecule has 4 aromatic rings. The lowest BCUT2D eigenvalue weighted by molar-refractivity contribution is -0.00674. The number of hydrogen-bond donors (Lipinski definition) is 3. The molecule has 21 heteroatoms. The maximum absolute atomic E-state index is 13.8. The molecule has 0 spiro atoms. The molecular weight excluding hydrogens is 805 g/mol. The average molecular weight is 829 g/mol. The number of aliphatic hydroxyl groups is 3. The molecule has 0 aromatic heterocycles. The molecule has 0 saturated heterocycles. The van der Waals surface area contributed by atoms with E-state index in [-0.39, 0.29) is 67.7 Å². The molecule has 0 bridgehead atoms. The van der Waals surface area contributed by atoms with Crippen molar-refractivity contribution in [3.05, 3.63) is 121 Å². The van der Waals surface area contributed by atoms with E-state index in [0.717, 1.165) is 36.4 Å². The molecule has 4 aromatic carbocycles. The van der Waals surface area contributed by atoms with Crippen LogP contribution in [0.25, 0.3) is 52.1 Å². The van der Waals surface area contributed by atoms with Crippen LogP contribution in [0.15, 0.2) is 87.5 Å². The van der Waals surface area contributed by atoms with Crippen LogP contribution >= 0.6 is 0 Å². The van der Waals surface area contributed by atoms with Crippen molar-refractivity contribution >= 4 is 83.0 Å². The molecule has 0 radical (unpaired) electrons. The summed E-state index contributed by atoms with van der Waals surface area (Å²) in [4.78, 5) is 7.60. The van der Waals surface area contributed by atoms with Gasteiger partial charge in [0.2, 0.25) is 17.3 Å². The van der Waals surface area contributed by atoms with Crippen molar-refractivity contribution in [2.75, 3.05) is 0 Å². The molecule has 7 rings (SSSR count). The number of aliphatic hydroxyl groups excluding tert-OH is 3. The van der Waals surface area contributed by atoms with Crippen LogP contribution in [-0.4, -0.2) is 72.1 Å². The molecule has 0 heterocycles. The third-order valence-corrected chi connectivity index (χ3v) is 12.8. The summed E-state index contributed by atoms with van der Waals surface area (Å²) in [6, 6.07) is 13.8. The Bertz CT molecular complexity index is 3030. The molecule has 0 unspecified atom stereocenters. The summed E-state index contributed by atoms with van der Waals surface area (Å²) in [7, 11) is -14.6. The zero-order valence-corrected chi connectivity index (χ0v) is 31.2. The smallest absolute Gasteiger partial charge is 0.339 e. The van der Waals surface area contributed by atoms with Crippen molar-refractivity contribution in [3.8, 4) is 17.2 Å². The number of nitrogens with zero attached hydrogens (tertiary/aromatic N) is 6. The molecule has 18 nitrogen and oxygen atoms in total. The maximum atomic E-state index is 13.8. The summed E-state index contributed by atoms with van der Waals surface area (Å²) >= 11 is 0. The van der Waals surface area contributed by atoms with Gasteiger partial charge in [0.25, 0.3) is 0 Å². The van der Waals surface area contributed by atoms with E-state index < -0.39 is 79.6 Å². The standard InChI is InChI=1S/C36H24N6O12S3/c37-40-28-13-10-22-25(34(28)43)4-1-7-31(22)55(46,47)52-19-16-20(53-56(48,49)32-8-2-5-26-23(32)11-14-29(41-38)35(26)44)18-21(17-19)54-57(50,51)33-9-3-6-27-24(33)12-15-30(42-39)36(27)45/h1-12,16-18,43-45H,13-15H2. The second-order valence-electron chi connectivity index (χ2n) is 12.3. The Labute approximate surface area is 321 Å². The zero-order valence-electron chi connectivity index (χ0n) is 28.7. The molecule has 3 aliphatic carbocycles. The van der Waals surface area contributed by atoms with Crippen molar-refractivity contribution in [2.45, 2.75) is 33.9 Å². The lowest BCUT2D eigenvalue weighted by atomic mass is 10.0. The molecule has 0 saturated carbocycles. The van der Waals surface area contributed by atoms with Gasteiger partial charge in [-0.05, 0) is 18.2 Å². The van der Waals surface area contributed by atoms with Crippen LogP contribution in [0.5, 0.6) is 17.2 Å². The van der Waals surface area contributed by atoms with Crippen molar-refractivity contribution in [1.29, 1.82) is 0 Å². The minimum Gasteiger partial charge on any atom is -0.501 e. The highest BCUT2D eigenvalue weighted by atomic mass is 32.2. The van der Waals surface area contributed by atoms with Crippen LogP contribution in [0, 0.1) is 0 Å². The van der Waals surface area contributed by atoms with Gasteiger partial charge in [0, 0.05) is 49.5 Å². The van der Waals surface area contributed by atoms with E-state index in [4.69, 9.17) is 12.5 Å². The molecule has 288 valence electrons. The fraction of sp³-hybridized carbons (Fsp3) is 0.0833. The topological polar surface area (TPSA) is 300 Å². The number of hydrogen-bond acceptors (Lipinski definition) is 12. The lowest BCUT2D eigenvalue weighted by Crippen LogP contribution is -2.38. The largest absolute Gasteiger partial charge is 0.501 e. The van der Waals surface area contributed by atoms with Crippen LogP contribution in [0.3, 0.4) is 0 Å². The summed E-state index contributed by atoms with van der Waals surface area (Å²) in [6.07, 6.45) is 3.60. The van der Waals surface area contributed by atoms with Crippen molar-refractivity contribution in [1.82, 2.24) is 0 Å². The first kappa shape index (κ1) is 38.2. The van der Waals surface area contributed by atoms with Crippen LogP contribution in [-0.2, 0) is 30.4 Å². The lowest BCUT2D eigenvalue weighted by Gasteiger charge is -2.15. The van der Waals surface area contributed by atoms with Crippen LogP contribution in [0.2, 0.25) is 0 Å². The molecule has 3 aliphatic rings. The Morgan fingerprint density at radius 3 is 0.965 bits per heavy atom. The average Bonchev–Trinajstić information content (AvgIpc) is 3.17. The van der Waals surface area contributed by atoms with Gasteiger partial charge in [-0.25, -0.2) is 0 Å². The highest BCUT2D eigenvalue weighted by molar-refractivity contribution is 7.87. The van der Waals surface area contributed by atoms with Gasteiger partial charge in [0.05, 0.1) is 19.3 Å². The summed E-state index contributed by atoms with van der Waals surface area (Å²) in [5.41, 5.74) is 27.3. The summed E-state index contributed by atoms with van der Waals surface area (Å²) < 4.78 is 99.0. The Hall–Kier alpha value is -7.11. The zero-order chi connectivity index (χ0) is 40.9. The van der Waals surface area contributed by atoms with E-state index >= 15 is 0 Å². The second-order valence-corrected chi connectivity index (χ2v) is 16.9. The Balaban J connectivity index is 1.36. The van der Waals surface area contributed by atoms with Crippen LogP contribution < -0.4 is 43.9 Å². The number of rotatable bonds is 9. The van der Waals surface area contributed by atoms with Gasteiger partial charge in [-0.3, -0.25) is 0 Å². The number of fused-ring (bicyclic) bond motifs is 3. The van der Waals surface area contributed by atoms with Gasteiger partial charge in [-0.15, -0.1) is 0 Å². The summed E-state index contributed by atoms with van der Waals surface area (Å²) in [5.74, 6) is -3.57. The summed E-state index contributed by atoms with van der Waals surface area (Å²) in [6.45, 7) is 0. The first-order chi connectivity index (χ1) is 27.1. The molecule has 0 atom stereocenters. The third kappa shape index (κ3) is 6.89. The van der Waals surface area contributed by atoms with Gasteiger partial charge in [0.15, 0.2) is 0 Å². The van der Waals surface area contributed by atoms with Gasteiger partial charge in [-0.2, -0.15) is 39.6 Å². The van der Waals surface area contributed by atoms with E-state index in [1.807, 2.05) is 0 Å². The minimum atomic E-state index is -4.88. The van der Waals surface area contributed by atoms with Gasteiger partial charge in [0.1, 0.15) is 31.9 Å². The highest BCUT2D eigenvalue weighted by Gasteiger charge is 2.29. The predicted octanol–water partition coefficient (Wildman–Crippen LogP) is -0.447.